The number of carbonyl (C=O) groups excluding carboxylic acids is 1. The maximum absolute atomic E-state index is 11.8. The Morgan fingerprint density at radius 2 is 2.06 bits per heavy atom. The van der Waals surface area contributed by atoms with Crippen LogP contribution in [0.1, 0.15) is 32.6 Å². The predicted molar refractivity (Wildman–Crippen MR) is 69.2 cm³/mol. The van der Waals surface area contributed by atoms with Crippen molar-refractivity contribution in [2.45, 2.75) is 38.6 Å². The van der Waals surface area contributed by atoms with E-state index in [0.717, 1.165) is 12.8 Å². The van der Waals surface area contributed by atoms with Crippen molar-refractivity contribution >= 4 is 23.6 Å². The molecule has 0 bridgehead atoms. The minimum atomic E-state index is -0.864. The van der Waals surface area contributed by atoms with E-state index in [2.05, 4.69) is 6.92 Å². The van der Waals surface area contributed by atoms with Crippen molar-refractivity contribution in [1.82, 2.24) is 4.90 Å². The Morgan fingerprint density at radius 3 is 2.65 bits per heavy atom. The Labute approximate surface area is 107 Å². The van der Waals surface area contributed by atoms with Gasteiger partial charge in [0.05, 0.1) is 11.5 Å². The van der Waals surface area contributed by atoms with E-state index in [4.69, 9.17) is 5.11 Å². The lowest BCUT2D eigenvalue weighted by Gasteiger charge is -2.34. The third kappa shape index (κ3) is 4.98. The molecule has 0 aromatic carbocycles. The summed E-state index contributed by atoms with van der Waals surface area (Å²) in [5, 5.41) is 8.50. The van der Waals surface area contributed by atoms with Crippen LogP contribution in [0.5, 0.6) is 0 Å². The van der Waals surface area contributed by atoms with Gasteiger partial charge in [0, 0.05) is 13.1 Å². The number of thioether (sulfide) groups is 1. The number of aliphatic carboxylic acids is 1. The monoisotopic (exact) mass is 259 g/mol. The van der Waals surface area contributed by atoms with Crippen molar-refractivity contribution in [3.63, 3.8) is 0 Å². The summed E-state index contributed by atoms with van der Waals surface area (Å²) in [4.78, 5) is 24.0. The molecule has 2 unspecified atom stereocenters. The molecule has 0 radical (unpaired) electrons. The van der Waals surface area contributed by atoms with Gasteiger partial charge in [-0.2, -0.15) is 0 Å². The standard InChI is InChI=1S/C12H21NO3S/c1-9-4-3-5-10(6-9)13(2)11(14)7-17-8-12(15)16/h9-10H,3-8H2,1-2H3,(H,15,16). The average molecular weight is 259 g/mol. The summed E-state index contributed by atoms with van der Waals surface area (Å²) in [5.74, 6) is 0.150. The molecule has 0 aromatic rings. The minimum Gasteiger partial charge on any atom is -0.481 e. The van der Waals surface area contributed by atoms with Gasteiger partial charge in [0.1, 0.15) is 0 Å². The number of hydrogen-bond donors (Lipinski definition) is 1. The van der Waals surface area contributed by atoms with Crippen molar-refractivity contribution in [2.24, 2.45) is 5.92 Å². The molecule has 1 aliphatic rings. The highest BCUT2D eigenvalue weighted by atomic mass is 32.2. The zero-order chi connectivity index (χ0) is 12.8. The zero-order valence-electron chi connectivity index (χ0n) is 10.5. The molecule has 4 nitrogen and oxygen atoms in total. The average Bonchev–Trinajstić information content (AvgIpc) is 2.27. The van der Waals surface area contributed by atoms with Gasteiger partial charge in [-0.05, 0) is 18.8 Å². The number of carbonyl (C=O) groups is 2. The summed E-state index contributed by atoms with van der Waals surface area (Å²) in [7, 11) is 1.84. The molecular formula is C12H21NO3S. The van der Waals surface area contributed by atoms with Crippen LogP contribution in [0.25, 0.3) is 0 Å². The third-order valence-corrected chi connectivity index (χ3v) is 4.20. The maximum atomic E-state index is 11.8. The Balaban J connectivity index is 2.32. The fourth-order valence-electron chi connectivity index (χ4n) is 2.28. The second-order valence-electron chi connectivity index (χ2n) is 4.82. The first-order chi connectivity index (χ1) is 8.00. The van der Waals surface area contributed by atoms with Crippen LogP contribution in [-0.4, -0.2) is 46.5 Å². The number of nitrogens with zero attached hydrogens (tertiary/aromatic N) is 1. The quantitative estimate of drug-likeness (QED) is 0.818. The van der Waals surface area contributed by atoms with Crippen LogP contribution in [0.3, 0.4) is 0 Å². The summed E-state index contributed by atoms with van der Waals surface area (Å²) in [5.41, 5.74) is 0. The van der Waals surface area contributed by atoms with Gasteiger partial charge in [0.15, 0.2) is 0 Å². The van der Waals surface area contributed by atoms with Gasteiger partial charge in [-0.15, -0.1) is 11.8 Å². The van der Waals surface area contributed by atoms with Crippen molar-refractivity contribution in [2.75, 3.05) is 18.6 Å². The molecule has 1 N–H and O–H groups in total. The smallest absolute Gasteiger partial charge is 0.313 e. The lowest BCUT2D eigenvalue weighted by atomic mass is 9.86. The van der Waals surface area contributed by atoms with Crippen molar-refractivity contribution in [1.29, 1.82) is 0 Å². The highest BCUT2D eigenvalue weighted by molar-refractivity contribution is 8.00. The molecule has 0 aromatic heterocycles. The number of carboxylic acid groups (broad SMARTS) is 1. The van der Waals surface area contributed by atoms with Crippen molar-refractivity contribution in [3.8, 4) is 0 Å². The molecular weight excluding hydrogens is 238 g/mol. The molecule has 0 saturated heterocycles. The van der Waals surface area contributed by atoms with Crippen LogP contribution in [0.4, 0.5) is 0 Å². The van der Waals surface area contributed by atoms with E-state index in [-0.39, 0.29) is 17.4 Å². The Hall–Kier alpha value is -0.710. The van der Waals surface area contributed by atoms with Crippen LogP contribution < -0.4 is 0 Å². The molecule has 1 amide bonds. The number of hydrogen-bond acceptors (Lipinski definition) is 3. The van der Waals surface area contributed by atoms with Gasteiger partial charge < -0.3 is 10.0 Å². The van der Waals surface area contributed by atoms with E-state index in [0.29, 0.717) is 12.0 Å². The SMILES string of the molecule is CC1CCCC(N(C)C(=O)CSCC(=O)O)C1. The van der Waals surface area contributed by atoms with E-state index >= 15 is 0 Å². The van der Waals surface area contributed by atoms with Crippen molar-refractivity contribution in [3.05, 3.63) is 0 Å². The van der Waals surface area contributed by atoms with Gasteiger partial charge in [-0.25, -0.2) is 0 Å². The minimum absolute atomic E-state index is 0.000644. The van der Waals surface area contributed by atoms with Crippen LogP contribution >= 0.6 is 11.8 Å². The number of amides is 1. The lowest BCUT2D eigenvalue weighted by molar-refractivity contribution is -0.133. The molecule has 0 aliphatic heterocycles. The topological polar surface area (TPSA) is 57.6 Å². The molecule has 17 heavy (non-hydrogen) atoms. The molecule has 5 heteroatoms. The van der Waals surface area contributed by atoms with E-state index in [1.165, 1.54) is 24.6 Å². The number of rotatable bonds is 5. The second-order valence-corrected chi connectivity index (χ2v) is 5.80. The maximum Gasteiger partial charge on any atom is 0.313 e. The molecule has 1 saturated carbocycles. The first-order valence-electron chi connectivity index (χ1n) is 6.06. The predicted octanol–water partition coefficient (Wildman–Crippen LogP) is 1.84. The van der Waals surface area contributed by atoms with Gasteiger partial charge in [-0.1, -0.05) is 19.8 Å². The number of carboxylic acids is 1. The van der Waals surface area contributed by atoms with Crippen LogP contribution in [0.15, 0.2) is 0 Å². The normalized spacial score (nSPS) is 24.4. The Morgan fingerprint density at radius 1 is 1.35 bits per heavy atom. The second kappa shape index (κ2) is 6.89. The first-order valence-corrected chi connectivity index (χ1v) is 7.21. The fourth-order valence-corrected chi connectivity index (χ4v) is 2.94. The van der Waals surface area contributed by atoms with E-state index in [1.807, 2.05) is 11.9 Å². The third-order valence-electron chi connectivity index (χ3n) is 3.30. The molecule has 2 atom stereocenters. The Kier molecular flexibility index (Phi) is 5.82. The van der Waals surface area contributed by atoms with E-state index < -0.39 is 5.97 Å². The lowest BCUT2D eigenvalue weighted by Crippen LogP contribution is -2.40. The van der Waals surface area contributed by atoms with E-state index in [1.54, 1.807) is 0 Å². The summed E-state index contributed by atoms with van der Waals surface area (Å²) in [6.07, 6.45) is 4.60. The molecule has 1 aliphatic carbocycles. The summed E-state index contributed by atoms with van der Waals surface area (Å²) >= 11 is 1.17. The molecule has 1 rings (SSSR count). The summed E-state index contributed by atoms with van der Waals surface area (Å²) < 4.78 is 0. The first kappa shape index (κ1) is 14.4. The molecule has 0 heterocycles. The van der Waals surface area contributed by atoms with Gasteiger partial charge in [0.2, 0.25) is 5.91 Å². The largest absolute Gasteiger partial charge is 0.481 e. The molecule has 1 fully saturated rings. The van der Waals surface area contributed by atoms with Gasteiger partial charge in [-0.3, -0.25) is 9.59 Å². The van der Waals surface area contributed by atoms with Crippen LogP contribution in [-0.2, 0) is 9.59 Å². The fraction of sp³-hybridized carbons (Fsp3) is 0.833. The molecule has 98 valence electrons. The van der Waals surface area contributed by atoms with Crippen molar-refractivity contribution < 1.29 is 14.7 Å². The van der Waals surface area contributed by atoms with Gasteiger partial charge in [0.25, 0.3) is 0 Å². The summed E-state index contributed by atoms with van der Waals surface area (Å²) in [6, 6.07) is 0.344. The summed E-state index contributed by atoms with van der Waals surface area (Å²) in [6.45, 7) is 2.23. The van der Waals surface area contributed by atoms with Gasteiger partial charge >= 0.3 is 5.97 Å². The van der Waals surface area contributed by atoms with Crippen LogP contribution in [0, 0.1) is 5.92 Å². The van der Waals surface area contributed by atoms with E-state index in [9.17, 15) is 9.59 Å². The Bertz CT molecular complexity index is 283. The molecule has 0 spiro atoms. The highest BCUT2D eigenvalue weighted by Gasteiger charge is 2.25. The highest BCUT2D eigenvalue weighted by Crippen LogP contribution is 2.26. The van der Waals surface area contributed by atoms with Crippen LogP contribution in [0.2, 0.25) is 0 Å². The zero-order valence-corrected chi connectivity index (χ0v) is 11.3.